The maximum absolute atomic E-state index is 13.5. The molecule has 0 spiro atoms. The van der Waals surface area contributed by atoms with Crippen LogP contribution in [0.5, 0.6) is 0 Å². The normalized spacial score (nSPS) is 16.7. The Morgan fingerprint density at radius 1 is 1.04 bits per heavy atom. The zero-order chi connectivity index (χ0) is 17.9. The maximum atomic E-state index is 13.5. The minimum Gasteiger partial charge on any atom is -0.423 e. The van der Waals surface area contributed by atoms with E-state index >= 15 is 0 Å². The predicted octanol–water partition coefficient (Wildman–Crippen LogP) is 4.47. The molecule has 0 unspecified atom stereocenters. The number of urea groups is 1. The quantitative estimate of drug-likeness (QED) is 0.700. The summed E-state index contributed by atoms with van der Waals surface area (Å²) in [5.41, 5.74) is 1.66. The molecular weight excluding hydrogens is 328 g/mol. The molecule has 6 nitrogen and oxygen atoms in total. The van der Waals surface area contributed by atoms with Gasteiger partial charge < -0.3 is 9.32 Å². The Morgan fingerprint density at radius 2 is 1.65 bits per heavy atom. The van der Waals surface area contributed by atoms with Crippen molar-refractivity contribution in [3.63, 3.8) is 0 Å². The van der Waals surface area contributed by atoms with E-state index in [0.29, 0.717) is 18.3 Å². The monoisotopic (exact) mass is 348 g/mol. The van der Waals surface area contributed by atoms with Crippen LogP contribution in [-0.4, -0.2) is 27.7 Å². The number of hydrogen-bond donors (Lipinski definition) is 0. The second-order valence-corrected chi connectivity index (χ2v) is 6.30. The lowest BCUT2D eigenvalue weighted by Crippen LogP contribution is -2.40. The van der Waals surface area contributed by atoms with Crippen LogP contribution in [0.15, 0.2) is 65.1 Å². The number of carbonyl (C=O) groups is 1. The second-order valence-electron chi connectivity index (χ2n) is 6.30. The van der Waals surface area contributed by atoms with Crippen molar-refractivity contribution in [1.29, 1.82) is 0 Å². The number of benzene rings is 2. The summed E-state index contributed by atoms with van der Waals surface area (Å²) in [5.74, 6) is 1.02. The highest BCUT2D eigenvalue weighted by molar-refractivity contribution is 5.99. The third-order valence-corrected chi connectivity index (χ3v) is 4.55. The molecule has 6 heteroatoms. The highest BCUT2D eigenvalue weighted by Gasteiger charge is 2.36. The van der Waals surface area contributed by atoms with E-state index in [0.717, 1.165) is 24.2 Å². The standard InChI is InChI=1S/C20H20N4O2/c1-15-21-22-19(26-15)18-13-8-14-23(18)20(25)24(16-9-4-2-5-10-16)17-11-6-3-7-12-17/h2-7,9-12,18H,8,13-14H2,1H3/t18-/m1/s1. The molecule has 132 valence electrons. The van der Waals surface area contributed by atoms with Crippen LogP contribution in [0.3, 0.4) is 0 Å². The molecule has 1 fully saturated rings. The SMILES string of the molecule is Cc1nnc([C@H]2CCCN2C(=O)N(c2ccccc2)c2ccccc2)o1. The molecule has 4 rings (SSSR count). The summed E-state index contributed by atoms with van der Waals surface area (Å²) >= 11 is 0. The van der Waals surface area contributed by atoms with Crippen molar-refractivity contribution in [3.05, 3.63) is 72.4 Å². The van der Waals surface area contributed by atoms with Gasteiger partial charge in [0.05, 0.1) is 11.4 Å². The molecule has 0 N–H and O–H groups in total. The topological polar surface area (TPSA) is 62.5 Å². The first-order chi connectivity index (χ1) is 12.7. The van der Waals surface area contributed by atoms with Gasteiger partial charge >= 0.3 is 6.03 Å². The highest BCUT2D eigenvalue weighted by atomic mass is 16.4. The van der Waals surface area contributed by atoms with E-state index in [1.807, 2.05) is 65.6 Å². The zero-order valence-corrected chi connectivity index (χ0v) is 14.6. The molecule has 1 saturated heterocycles. The molecule has 2 heterocycles. The van der Waals surface area contributed by atoms with E-state index in [2.05, 4.69) is 10.2 Å². The summed E-state index contributed by atoms with van der Waals surface area (Å²) in [6.07, 6.45) is 1.74. The molecule has 26 heavy (non-hydrogen) atoms. The molecule has 2 amide bonds. The van der Waals surface area contributed by atoms with Crippen molar-refractivity contribution < 1.29 is 9.21 Å². The van der Waals surface area contributed by atoms with Gasteiger partial charge in [-0.2, -0.15) is 0 Å². The zero-order valence-electron chi connectivity index (χ0n) is 14.6. The number of aromatic nitrogens is 2. The summed E-state index contributed by atoms with van der Waals surface area (Å²) in [5, 5.41) is 8.05. The number of amides is 2. The summed E-state index contributed by atoms with van der Waals surface area (Å²) in [6.45, 7) is 2.43. The first kappa shape index (κ1) is 16.3. The number of likely N-dealkylation sites (tertiary alicyclic amines) is 1. The van der Waals surface area contributed by atoms with E-state index in [4.69, 9.17) is 4.42 Å². The molecule has 0 radical (unpaired) electrons. The summed E-state index contributed by atoms with van der Waals surface area (Å²) in [4.78, 5) is 17.1. The van der Waals surface area contributed by atoms with Crippen molar-refractivity contribution in [2.45, 2.75) is 25.8 Å². The number of hydrogen-bond acceptors (Lipinski definition) is 4. The van der Waals surface area contributed by atoms with Crippen molar-refractivity contribution in [1.82, 2.24) is 15.1 Å². The molecule has 0 aliphatic carbocycles. The van der Waals surface area contributed by atoms with Crippen LogP contribution in [0, 0.1) is 6.92 Å². The van der Waals surface area contributed by atoms with Gasteiger partial charge in [-0.3, -0.25) is 4.90 Å². The van der Waals surface area contributed by atoms with E-state index in [9.17, 15) is 4.79 Å². The average molecular weight is 348 g/mol. The lowest BCUT2D eigenvalue weighted by molar-refractivity contribution is 0.193. The Morgan fingerprint density at radius 3 is 2.19 bits per heavy atom. The third kappa shape index (κ3) is 3.06. The Balaban J connectivity index is 1.70. The van der Waals surface area contributed by atoms with Crippen LogP contribution < -0.4 is 4.90 Å². The number of rotatable bonds is 3. The Kier molecular flexibility index (Phi) is 4.39. The van der Waals surface area contributed by atoms with Crippen molar-refractivity contribution in [2.75, 3.05) is 11.4 Å². The largest absolute Gasteiger partial charge is 0.423 e. The number of nitrogens with zero attached hydrogens (tertiary/aromatic N) is 4. The maximum Gasteiger partial charge on any atom is 0.329 e. The smallest absolute Gasteiger partial charge is 0.329 e. The van der Waals surface area contributed by atoms with Gasteiger partial charge in [-0.15, -0.1) is 10.2 Å². The van der Waals surface area contributed by atoms with Gasteiger partial charge in [-0.05, 0) is 37.1 Å². The average Bonchev–Trinajstić information content (AvgIpc) is 3.32. The fourth-order valence-electron chi connectivity index (χ4n) is 3.35. The molecule has 2 aromatic carbocycles. The number of para-hydroxylation sites is 2. The van der Waals surface area contributed by atoms with E-state index in [1.165, 1.54) is 0 Å². The molecule has 3 aromatic rings. The lowest BCUT2D eigenvalue weighted by Gasteiger charge is -2.30. The molecule has 0 saturated carbocycles. The van der Waals surface area contributed by atoms with Crippen LogP contribution in [0.1, 0.15) is 30.7 Å². The molecular formula is C20H20N4O2. The Labute approximate surface area is 152 Å². The van der Waals surface area contributed by atoms with Gasteiger partial charge in [0.15, 0.2) is 0 Å². The van der Waals surface area contributed by atoms with Crippen LogP contribution >= 0.6 is 0 Å². The van der Waals surface area contributed by atoms with E-state index in [-0.39, 0.29) is 12.1 Å². The Hall–Kier alpha value is -3.15. The Bertz CT molecular complexity index is 840. The highest BCUT2D eigenvalue weighted by Crippen LogP contribution is 2.35. The van der Waals surface area contributed by atoms with Gasteiger partial charge in [0.25, 0.3) is 0 Å². The van der Waals surface area contributed by atoms with Gasteiger partial charge in [0.2, 0.25) is 11.8 Å². The first-order valence-corrected chi connectivity index (χ1v) is 8.75. The van der Waals surface area contributed by atoms with Crippen molar-refractivity contribution >= 4 is 17.4 Å². The van der Waals surface area contributed by atoms with E-state index < -0.39 is 0 Å². The lowest BCUT2D eigenvalue weighted by atomic mass is 10.2. The third-order valence-electron chi connectivity index (χ3n) is 4.55. The van der Waals surface area contributed by atoms with E-state index in [1.54, 1.807) is 11.8 Å². The molecule has 1 aromatic heterocycles. The van der Waals surface area contributed by atoms with Crippen LogP contribution in [0.25, 0.3) is 0 Å². The minimum absolute atomic E-state index is 0.0826. The van der Waals surface area contributed by atoms with Crippen LogP contribution in [0.4, 0.5) is 16.2 Å². The predicted molar refractivity (Wildman–Crippen MR) is 98.1 cm³/mol. The number of aryl methyl sites for hydroxylation is 1. The number of carbonyl (C=O) groups excluding carboxylic acids is 1. The second kappa shape index (κ2) is 7.00. The van der Waals surface area contributed by atoms with Crippen molar-refractivity contribution in [2.24, 2.45) is 0 Å². The van der Waals surface area contributed by atoms with Crippen LogP contribution in [0.2, 0.25) is 0 Å². The molecule has 1 atom stereocenters. The number of anilines is 2. The fraction of sp³-hybridized carbons (Fsp3) is 0.250. The fourth-order valence-corrected chi connectivity index (χ4v) is 3.35. The summed E-state index contributed by atoms with van der Waals surface area (Å²) in [7, 11) is 0. The minimum atomic E-state index is -0.182. The first-order valence-electron chi connectivity index (χ1n) is 8.75. The van der Waals surface area contributed by atoms with Gasteiger partial charge in [0.1, 0.15) is 6.04 Å². The van der Waals surface area contributed by atoms with Crippen molar-refractivity contribution in [3.8, 4) is 0 Å². The van der Waals surface area contributed by atoms with Gasteiger partial charge in [-0.1, -0.05) is 36.4 Å². The summed E-state index contributed by atoms with van der Waals surface area (Å²) in [6, 6.07) is 19.1. The van der Waals surface area contributed by atoms with Gasteiger partial charge in [-0.25, -0.2) is 4.79 Å². The molecule has 1 aliphatic rings. The summed E-state index contributed by atoms with van der Waals surface area (Å²) < 4.78 is 5.60. The molecule has 1 aliphatic heterocycles. The molecule has 0 bridgehead atoms. The van der Waals surface area contributed by atoms with Crippen LogP contribution in [-0.2, 0) is 0 Å². The van der Waals surface area contributed by atoms with Gasteiger partial charge in [0, 0.05) is 13.5 Å².